The van der Waals surface area contributed by atoms with E-state index in [0.717, 1.165) is 10.8 Å². The molecule has 0 radical (unpaired) electrons. The molecule has 0 saturated carbocycles. The van der Waals surface area contributed by atoms with Gasteiger partial charge in [-0.15, -0.1) is 0 Å². The van der Waals surface area contributed by atoms with Crippen LogP contribution < -0.4 is 0 Å². The van der Waals surface area contributed by atoms with Gasteiger partial charge in [0.2, 0.25) is 5.78 Å². The van der Waals surface area contributed by atoms with Gasteiger partial charge in [-0.3, -0.25) is 9.78 Å². The third-order valence-corrected chi connectivity index (χ3v) is 2.78. The number of fused-ring (bicyclic) bond motifs is 1. The van der Waals surface area contributed by atoms with Crippen LogP contribution >= 0.6 is 0 Å². The third-order valence-electron chi connectivity index (χ3n) is 2.78. The van der Waals surface area contributed by atoms with Crippen LogP contribution in [0.1, 0.15) is 21.9 Å². The number of hydrogen-bond acceptors (Lipinski definition) is 4. The lowest BCUT2D eigenvalue weighted by atomic mass is 10.0. The number of rotatable bonds is 2. The van der Waals surface area contributed by atoms with Crippen LogP contribution in [0.2, 0.25) is 0 Å². The Balaban J connectivity index is 2.17. The molecule has 88 valence electrons. The Morgan fingerprint density at radius 3 is 2.94 bits per heavy atom. The molecule has 0 bridgehead atoms. The number of hydrogen-bond donors (Lipinski definition) is 0. The first kappa shape index (κ1) is 10.7. The summed E-state index contributed by atoms with van der Waals surface area (Å²) in [6.45, 7) is 1.71. The molecule has 18 heavy (non-hydrogen) atoms. The average molecular weight is 238 g/mol. The molecule has 0 aliphatic heterocycles. The first-order chi connectivity index (χ1) is 8.75. The smallest absolute Gasteiger partial charge is 0.215 e. The normalized spacial score (nSPS) is 10.7. The monoisotopic (exact) mass is 238 g/mol. The second-order valence-corrected chi connectivity index (χ2v) is 3.98. The Hall–Kier alpha value is -2.49. The Morgan fingerprint density at radius 2 is 2.17 bits per heavy atom. The highest BCUT2D eigenvalue weighted by Gasteiger charge is 2.15. The molecular weight excluding hydrogens is 228 g/mol. The first-order valence-corrected chi connectivity index (χ1v) is 5.55. The van der Waals surface area contributed by atoms with E-state index >= 15 is 0 Å². The fourth-order valence-electron chi connectivity index (χ4n) is 1.93. The lowest BCUT2D eigenvalue weighted by Gasteiger charge is -2.02. The summed E-state index contributed by atoms with van der Waals surface area (Å²) in [4.78, 5) is 20.4. The van der Waals surface area contributed by atoms with Gasteiger partial charge < -0.3 is 4.42 Å². The van der Waals surface area contributed by atoms with Crippen LogP contribution in [0, 0.1) is 6.92 Å². The van der Waals surface area contributed by atoms with Crippen LogP contribution in [0.3, 0.4) is 0 Å². The number of ketones is 1. The van der Waals surface area contributed by atoms with Crippen LogP contribution in [0.25, 0.3) is 10.8 Å². The fourth-order valence-corrected chi connectivity index (χ4v) is 1.93. The minimum atomic E-state index is -0.136. The number of pyridine rings is 1. The quantitative estimate of drug-likeness (QED) is 0.644. The fraction of sp³-hybridized carbons (Fsp3) is 0.0714. The number of benzene rings is 1. The third kappa shape index (κ3) is 1.68. The van der Waals surface area contributed by atoms with Crippen LogP contribution in [-0.2, 0) is 0 Å². The van der Waals surface area contributed by atoms with Gasteiger partial charge in [-0.05, 0) is 11.5 Å². The van der Waals surface area contributed by atoms with Crippen molar-refractivity contribution >= 4 is 16.6 Å². The van der Waals surface area contributed by atoms with Gasteiger partial charge in [0.05, 0.1) is 0 Å². The summed E-state index contributed by atoms with van der Waals surface area (Å²) in [7, 11) is 0. The molecule has 4 nitrogen and oxygen atoms in total. The zero-order chi connectivity index (χ0) is 12.5. The lowest BCUT2D eigenvalue weighted by Crippen LogP contribution is -2.02. The van der Waals surface area contributed by atoms with Crippen molar-refractivity contribution in [2.24, 2.45) is 0 Å². The number of carbonyl (C=O) groups excluding carboxylic acids is 1. The molecule has 2 heterocycles. The SMILES string of the molecule is Cc1nc(C(=O)c2cccc3cnccc23)co1. The highest BCUT2D eigenvalue weighted by Crippen LogP contribution is 2.20. The summed E-state index contributed by atoms with van der Waals surface area (Å²) in [5.41, 5.74) is 0.944. The molecule has 0 fully saturated rings. The number of carbonyl (C=O) groups is 1. The van der Waals surface area contributed by atoms with Gasteiger partial charge in [0.25, 0.3) is 0 Å². The molecule has 0 spiro atoms. The molecule has 2 aromatic heterocycles. The van der Waals surface area contributed by atoms with E-state index < -0.39 is 0 Å². The Morgan fingerprint density at radius 1 is 1.28 bits per heavy atom. The molecule has 0 N–H and O–H groups in total. The van der Waals surface area contributed by atoms with E-state index in [1.807, 2.05) is 18.2 Å². The molecule has 4 heteroatoms. The molecular formula is C14H10N2O2. The zero-order valence-electron chi connectivity index (χ0n) is 9.75. The topological polar surface area (TPSA) is 56.0 Å². The second kappa shape index (κ2) is 4.07. The average Bonchev–Trinajstić information content (AvgIpc) is 2.84. The second-order valence-electron chi connectivity index (χ2n) is 3.98. The van der Waals surface area contributed by atoms with E-state index in [4.69, 9.17) is 4.42 Å². The van der Waals surface area contributed by atoms with Crippen molar-refractivity contribution in [2.75, 3.05) is 0 Å². The zero-order valence-corrected chi connectivity index (χ0v) is 9.75. The van der Waals surface area contributed by atoms with Crippen molar-refractivity contribution in [2.45, 2.75) is 6.92 Å². The van der Waals surface area contributed by atoms with Crippen LogP contribution in [0.4, 0.5) is 0 Å². The molecule has 3 aromatic rings. The Bertz CT molecular complexity index is 726. The molecule has 0 atom stereocenters. The molecule has 3 rings (SSSR count). The van der Waals surface area contributed by atoms with E-state index in [9.17, 15) is 4.79 Å². The molecule has 0 aliphatic carbocycles. The van der Waals surface area contributed by atoms with Crippen LogP contribution in [-0.4, -0.2) is 15.8 Å². The van der Waals surface area contributed by atoms with E-state index in [1.54, 1.807) is 25.4 Å². The highest BCUT2D eigenvalue weighted by atomic mass is 16.3. The van der Waals surface area contributed by atoms with Crippen molar-refractivity contribution in [3.8, 4) is 0 Å². The summed E-state index contributed by atoms with van der Waals surface area (Å²) in [5, 5.41) is 1.81. The molecule has 0 amide bonds. The van der Waals surface area contributed by atoms with Gasteiger partial charge in [0.15, 0.2) is 5.89 Å². The minimum Gasteiger partial charge on any atom is -0.449 e. The predicted molar refractivity (Wildman–Crippen MR) is 66.4 cm³/mol. The molecule has 0 saturated heterocycles. The van der Waals surface area contributed by atoms with Gasteiger partial charge in [-0.2, -0.15) is 0 Å². The maximum atomic E-state index is 12.3. The summed E-state index contributed by atoms with van der Waals surface area (Å²) in [6, 6.07) is 7.38. The first-order valence-electron chi connectivity index (χ1n) is 5.55. The predicted octanol–water partition coefficient (Wildman–Crippen LogP) is 2.76. The van der Waals surface area contributed by atoms with Gasteiger partial charge in [0, 0.05) is 30.3 Å². The van der Waals surface area contributed by atoms with Gasteiger partial charge in [0.1, 0.15) is 12.0 Å². The van der Waals surface area contributed by atoms with Crippen LogP contribution in [0.5, 0.6) is 0 Å². The minimum absolute atomic E-state index is 0.136. The van der Waals surface area contributed by atoms with Crippen LogP contribution in [0.15, 0.2) is 47.3 Å². The maximum Gasteiger partial charge on any atom is 0.215 e. The summed E-state index contributed by atoms with van der Waals surface area (Å²) >= 11 is 0. The lowest BCUT2D eigenvalue weighted by molar-refractivity contribution is 0.103. The molecule has 1 aromatic carbocycles. The van der Waals surface area contributed by atoms with Crippen molar-refractivity contribution in [3.05, 3.63) is 60.1 Å². The maximum absolute atomic E-state index is 12.3. The summed E-state index contributed by atoms with van der Waals surface area (Å²) in [6.07, 6.45) is 4.80. The van der Waals surface area contributed by atoms with Gasteiger partial charge >= 0.3 is 0 Å². The van der Waals surface area contributed by atoms with E-state index in [0.29, 0.717) is 17.1 Å². The number of oxazole rings is 1. The van der Waals surface area contributed by atoms with Crippen molar-refractivity contribution in [1.29, 1.82) is 0 Å². The largest absolute Gasteiger partial charge is 0.449 e. The Kier molecular flexibility index (Phi) is 2.41. The van der Waals surface area contributed by atoms with Crippen molar-refractivity contribution in [3.63, 3.8) is 0 Å². The van der Waals surface area contributed by atoms with Gasteiger partial charge in [-0.1, -0.05) is 18.2 Å². The highest BCUT2D eigenvalue weighted by molar-refractivity contribution is 6.15. The van der Waals surface area contributed by atoms with Crippen molar-refractivity contribution < 1.29 is 9.21 Å². The van der Waals surface area contributed by atoms with E-state index in [2.05, 4.69) is 9.97 Å². The molecule has 0 unspecified atom stereocenters. The summed E-state index contributed by atoms with van der Waals surface area (Å²) in [5.74, 6) is 0.351. The van der Waals surface area contributed by atoms with E-state index in [1.165, 1.54) is 6.26 Å². The van der Waals surface area contributed by atoms with Gasteiger partial charge in [-0.25, -0.2) is 4.98 Å². The standard InChI is InChI=1S/C14H10N2O2/c1-9-16-13(8-18-9)14(17)12-4-2-3-10-7-15-6-5-11(10)12/h2-8H,1H3. The van der Waals surface area contributed by atoms with Crippen molar-refractivity contribution in [1.82, 2.24) is 9.97 Å². The number of nitrogens with zero attached hydrogens (tertiary/aromatic N) is 2. The molecule has 0 aliphatic rings. The number of aromatic nitrogens is 2. The summed E-state index contributed by atoms with van der Waals surface area (Å²) < 4.78 is 5.07. The van der Waals surface area contributed by atoms with E-state index in [-0.39, 0.29) is 5.78 Å². The Labute approximate surface area is 103 Å². The number of aryl methyl sites for hydroxylation is 1.